The number of benzene rings is 2. The molecule has 1 amide bonds. The molecule has 0 heterocycles. The van der Waals surface area contributed by atoms with Crippen molar-refractivity contribution >= 4 is 17.6 Å². The summed E-state index contributed by atoms with van der Waals surface area (Å²) in [6, 6.07) is 14.7. The molecule has 2 aromatic rings. The summed E-state index contributed by atoms with van der Waals surface area (Å²) in [4.78, 5) is 23.5. The maximum atomic E-state index is 12.0. The molecule has 0 saturated heterocycles. The van der Waals surface area contributed by atoms with Gasteiger partial charge in [-0.05, 0) is 48.7 Å². The molecule has 0 saturated carbocycles. The lowest BCUT2D eigenvalue weighted by Crippen LogP contribution is -2.13. The van der Waals surface area contributed by atoms with Crippen molar-refractivity contribution in [1.29, 1.82) is 0 Å². The summed E-state index contributed by atoms with van der Waals surface area (Å²) in [5, 5.41) is 2.78. The van der Waals surface area contributed by atoms with Gasteiger partial charge in [0, 0.05) is 12.1 Å². The SMILES string of the molecule is CCCc1ccc(OCCCC(=O)Nc2cccc(C(=O)OC)c2)cc1. The number of ether oxygens (including phenoxy) is 2. The first kappa shape index (κ1) is 19.5. The molecule has 2 aromatic carbocycles. The fourth-order valence-electron chi connectivity index (χ4n) is 2.53. The highest BCUT2D eigenvalue weighted by Crippen LogP contribution is 2.15. The van der Waals surface area contributed by atoms with E-state index in [1.165, 1.54) is 12.7 Å². The maximum Gasteiger partial charge on any atom is 0.337 e. The lowest BCUT2D eigenvalue weighted by Gasteiger charge is -2.08. The van der Waals surface area contributed by atoms with Crippen LogP contribution in [0.4, 0.5) is 5.69 Å². The van der Waals surface area contributed by atoms with Crippen LogP contribution in [-0.2, 0) is 16.0 Å². The number of carbonyl (C=O) groups is 2. The zero-order valence-corrected chi connectivity index (χ0v) is 15.3. The molecule has 0 fully saturated rings. The molecular formula is C21H25NO4. The normalized spacial score (nSPS) is 10.2. The van der Waals surface area contributed by atoms with E-state index in [2.05, 4.69) is 29.1 Å². The quantitative estimate of drug-likeness (QED) is 0.540. The van der Waals surface area contributed by atoms with Crippen molar-refractivity contribution in [1.82, 2.24) is 0 Å². The maximum absolute atomic E-state index is 12.0. The molecule has 5 heteroatoms. The Balaban J connectivity index is 1.72. The van der Waals surface area contributed by atoms with Crippen LogP contribution in [0.3, 0.4) is 0 Å². The Labute approximate surface area is 154 Å². The number of carbonyl (C=O) groups excluding carboxylic acids is 2. The second kappa shape index (κ2) is 10.2. The van der Waals surface area contributed by atoms with E-state index in [1.54, 1.807) is 24.3 Å². The van der Waals surface area contributed by atoms with Crippen molar-refractivity contribution in [2.45, 2.75) is 32.6 Å². The van der Waals surface area contributed by atoms with Crippen molar-refractivity contribution in [3.63, 3.8) is 0 Å². The van der Waals surface area contributed by atoms with Gasteiger partial charge in [0.15, 0.2) is 0 Å². The predicted molar refractivity (Wildman–Crippen MR) is 102 cm³/mol. The minimum Gasteiger partial charge on any atom is -0.494 e. The van der Waals surface area contributed by atoms with Crippen LogP contribution in [0.1, 0.15) is 42.1 Å². The molecule has 5 nitrogen and oxygen atoms in total. The summed E-state index contributed by atoms with van der Waals surface area (Å²) < 4.78 is 10.3. The van der Waals surface area contributed by atoms with Gasteiger partial charge in [0.1, 0.15) is 5.75 Å². The summed E-state index contributed by atoms with van der Waals surface area (Å²) >= 11 is 0. The Kier molecular flexibility index (Phi) is 7.68. The molecule has 0 aliphatic rings. The average Bonchev–Trinajstić information content (AvgIpc) is 2.66. The van der Waals surface area contributed by atoms with Gasteiger partial charge in [-0.25, -0.2) is 4.79 Å². The van der Waals surface area contributed by atoms with E-state index in [0.717, 1.165) is 18.6 Å². The third-order valence-corrected chi connectivity index (χ3v) is 3.85. The number of anilines is 1. The highest BCUT2D eigenvalue weighted by Gasteiger charge is 2.08. The number of amides is 1. The molecule has 0 aromatic heterocycles. The largest absolute Gasteiger partial charge is 0.494 e. The number of aryl methyl sites for hydroxylation is 1. The van der Waals surface area contributed by atoms with Gasteiger partial charge in [-0.3, -0.25) is 4.79 Å². The Hall–Kier alpha value is -2.82. The molecule has 0 aliphatic carbocycles. The number of methoxy groups -OCH3 is 1. The van der Waals surface area contributed by atoms with Crippen LogP contribution < -0.4 is 10.1 Å². The highest BCUT2D eigenvalue weighted by molar-refractivity contribution is 5.94. The van der Waals surface area contributed by atoms with Crippen LogP contribution in [0.2, 0.25) is 0 Å². The highest BCUT2D eigenvalue weighted by atomic mass is 16.5. The number of rotatable bonds is 9. The fourth-order valence-corrected chi connectivity index (χ4v) is 2.53. The van der Waals surface area contributed by atoms with Crippen molar-refractivity contribution in [3.05, 3.63) is 59.7 Å². The van der Waals surface area contributed by atoms with Crippen molar-refractivity contribution in [2.75, 3.05) is 19.0 Å². The van der Waals surface area contributed by atoms with Crippen LogP contribution in [0.5, 0.6) is 5.75 Å². The minimum atomic E-state index is -0.431. The zero-order valence-electron chi connectivity index (χ0n) is 15.3. The van der Waals surface area contributed by atoms with Gasteiger partial charge in [0.25, 0.3) is 0 Å². The molecule has 138 valence electrons. The van der Waals surface area contributed by atoms with Gasteiger partial charge >= 0.3 is 5.97 Å². The van der Waals surface area contributed by atoms with E-state index in [1.807, 2.05) is 12.1 Å². The monoisotopic (exact) mass is 355 g/mol. The average molecular weight is 355 g/mol. The third kappa shape index (κ3) is 6.24. The Bertz CT molecular complexity index is 725. The molecule has 2 rings (SSSR count). The minimum absolute atomic E-state index is 0.117. The smallest absolute Gasteiger partial charge is 0.337 e. The van der Waals surface area contributed by atoms with Crippen LogP contribution in [0, 0.1) is 0 Å². The van der Waals surface area contributed by atoms with E-state index in [4.69, 9.17) is 4.74 Å². The first-order chi connectivity index (χ1) is 12.6. The van der Waals surface area contributed by atoms with Crippen molar-refractivity contribution in [2.24, 2.45) is 0 Å². The molecule has 0 bridgehead atoms. The standard InChI is InChI=1S/C21H25NO4/c1-3-6-16-10-12-19(13-11-16)26-14-5-9-20(23)22-18-8-4-7-17(15-18)21(24)25-2/h4,7-8,10-13,15H,3,5-6,9,14H2,1-2H3,(H,22,23). The summed E-state index contributed by atoms with van der Waals surface area (Å²) in [5.74, 6) is 0.268. The second-order valence-electron chi connectivity index (χ2n) is 5.97. The van der Waals surface area contributed by atoms with Gasteiger partial charge in [-0.1, -0.05) is 31.5 Å². The number of hydrogen-bond acceptors (Lipinski definition) is 4. The van der Waals surface area contributed by atoms with E-state index in [0.29, 0.717) is 30.7 Å². The fraction of sp³-hybridized carbons (Fsp3) is 0.333. The molecule has 0 spiro atoms. The molecular weight excluding hydrogens is 330 g/mol. The molecule has 0 aliphatic heterocycles. The lowest BCUT2D eigenvalue weighted by atomic mass is 10.1. The first-order valence-corrected chi connectivity index (χ1v) is 8.82. The van der Waals surface area contributed by atoms with Crippen molar-refractivity contribution < 1.29 is 19.1 Å². The summed E-state index contributed by atoms with van der Waals surface area (Å²) in [6.45, 7) is 2.63. The molecule has 0 radical (unpaired) electrons. The van der Waals surface area contributed by atoms with Crippen LogP contribution in [0.15, 0.2) is 48.5 Å². The number of hydrogen-bond donors (Lipinski definition) is 1. The van der Waals surface area contributed by atoms with Gasteiger partial charge in [-0.15, -0.1) is 0 Å². The molecule has 0 atom stereocenters. The van der Waals surface area contributed by atoms with Gasteiger partial charge in [0.05, 0.1) is 19.3 Å². The molecule has 1 N–H and O–H groups in total. The van der Waals surface area contributed by atoms with Gasteiger partial charge in [-0.2, -0.15) is 0 Å². The summed E-state index contributed by atoms with van der Waals surface area (Å²) in [5.41, 5.74) is 2.28. The van der Waals surface area contributed by atoms with Gasteiger partial charge < -0.3 is 14.8 Å². The Morgan fingerprint density at radius 2 is 1.85 bits per heavy atom. The van der Waals surface area contributed by atoms with E-state index >= 15 is 0 Å². The second-order valence-corrected chi connectivity index (χ2v) is 5.97. The third-order valence-electron chi connectivity index (χ3n) is 3.85. The summed E-state index contributed by atoms with van der Waals surface area (Å²) in [7, 11) is 1.32. The molecule has 26 heavy (non-hydrogen) atoms. The Morgan fingerprint density at radius 1 is 1.08 bits per heavy atom. The van der Waals surface area contributed by atoms with Crippen LogP contribution >= 0.6 is 0 Å². The number of nitrogens with one attached hydrogen (secondary N) is 1. The summed E-state index contributed by atoms with van der Waals surface area (Å²) in [6.07, 6.45) is 3.14. The van der Waals surface area contributed by atoms with E-state index in [9.17, 15) is 9.59 Å². The Morgan fingerprint density at radius 3 is 2.54 bits per heavy atom. The lowest BCUT2D eigenvalue weighted by molar-refractivity contribution is -0.116. The van der Waals surface area contributed by atoms with Crippen molar-refractivity contribution in [3.8, 4) is 5.75 Å². The molecule has 0 unspecified atom stereocenters. The number of esters is 1. The zero-order chi connectivity index (χ0) is 18.8. The van der Waals surface area contributed by atoms with E-state index in [-0.39, 0.29) is 5.91 Å². The topological polar surface area (TPSA) is 64.6 Å². The van der Waals surface area contributed by atoms with E-state index < -0.39 is 5.97 Å². The predicted octanol–water partition coefficient (Wildman–Crippen LogP) is 4.22. The van der Waals surface area contributed by atoms with Crippen LogP contribution in [0.25, 0.3) is 0 Å². The first-order valence-electron chi connectivity index (χ1n) is 8.82. The van der Waals surface area contributed by atoms with Crippen LogP contribution in [-0.4, -0.2) is 25.6 Å². The van der Waals surface area contributed by atoms with Gasteiger partial charge in [0.2, 0.25) is 5.91 Å².